The molecule has 2 aliphatic carbocycles. The Kier molecular flexibility index (Phi) is 3.30. The highest BCUT2D eigenvalue weighted by atomic mass is 16.5. The average molecular weight is 271 g/mol. The first kappa shape index (κ1) is 12.9. The molecule has 2 N–H and O–H groups in total. The van der Waals surface area contributed by atoms with Crippen molar-refractivity contribution in [3.63, 3.8) is 0 Å². The molecule has 1 aromatic carbocycles. The van der Waals surface area contributed by atoms with E-state index in [1.54, 1.807) is 24.3 Å². The number of fused-ring (bicyclic) bond motifs is 1. The Balaban J connectivity index is 1.79. The number of amides is 1. The minimum absolute atomic E-state index is 0.316. The quantitative estimate of drug-likeness (QED) is 0.854. The molecule has 1 aromatic rings. The van der Waals surface area contributed by atoms with Gasteiger partial charge in [0.15, 0.2) is 0 Å². The van der Waals surface area contributed by atoms with Gasteiger partial charge in [0.2, 0.25) is 5.91 Å². The van der Waals surface area contributed by atoms with Crippen molar-refractivity contribution >= 4 is 18.0 Å². The highest BCUT2D eigenvalue weighted by Gasteiger charge is 2.27. The van der Waals surface area contributed by atoms with E-state index in [1.165, 1.54) is 6.42 Å². The van der Waals surface area contributed by atoms with E-state index in [9.17, 15) is 9.59 Å². The summed E-state index contributed by atoms with van der Waals surface area (Å²) in [4.78, 5) is 23.5. The van der Waals surface area contributed by atoms with Crippen molar-refractivity contribution in [2.24, 2.45) is 11.7 Å². The van der Waals surface area contributed by atoms with Gasteiger partial charge in [0.05, 0.1) is 18.1 Å². The molecular formula is C16H17NO3. The molecule has 0 aliphatic heterocycles. The molecule has 0 spiro atoms. The van der Waals surface area contributed by atoms with E-state index in [0.717, 1.165) is 24.0 Å². The van der Waals surface area contributed by atoms with Gasteiger partial charge in [-0.25, -0.2) is 4.79 Å². The molecule has 4 nitrogen and oxygen atoms in total. The summed E-state index contributed by atoms with van der Waals surface area (Å²) in [5.41, 5.74) is 7.42. The van der Waals surface area contributed by atoms with Gasteiger partial charge >= 0.3 is 5.97 Å². The van der Waals surface area contributed by atoms with Crippen molar-refractivity contribution in [1.82, 2.24) is 0 Å². The third kappa shape index (κ3) is 2.22. The second-order valence-corrected chi connectivity index (χ2v) is 5.44. The Morgan fingerprint density at radius 3 is 2.75 bits per heavy atom. The summed E-state index contributed by atoms with van der Waals surface area (Å²) < 4.78 is 5.36. The predicted octanol–water partition coefficient (Wildman–Crippen LogP) is 2.24. The third-order valence-electron chi connectivity index (χ3n) is 4.13. The first-order valence-corrected chi connectivity index (χ1v) is 6.94. The highest BCUT2D eigenvalue weighted by Crippen LogP contribution is 2.33. The minimum atomic E-state index is -0.440. The van der Waals surface area contributed by atoms with E-state index in [0.29, 0.717) is 18.1 Å². The van der Waals surface area contributed by atoms with Crippen molar-refractivity contribution in [2.45, 2.75) is 25.2 Å². The number of rotatable bonds is 4. The van der Waals surface area contributed by atoms with Crippen LogP contribution in [0.2, 0.25) is 0 Å². The number of benzene rings is 1. The predicted molar refractivity (Wildman–Crippen MR) is 75.0 cm³/mol. The lowest BCUT2D eigenvalue weighted by atomic mass is 9.86. The molecule has 4 heteroatoms. The Hall–Kier alpha value is -2.10. The fourth-order valence-corrected chi connectivity index (χ4v) is 2.69. The molecule has 104 valence electrons. The molecule has 0 heterocycles. The van der Waals surface area contributed by atoms with Gasteiger partial charge in [0.25, 0.3) is 0 Å². The Bertz CT molecular complexity index is 587. The van der Waals surface area contributed by atoms with Crippen molar-refractivity contribution in [1.29, 1.82) is 0 Å². The van der Waals surface area contributed by atoms with E-state index >= 15 is 0 Å². The summed E-state index contributed by atoms with van der Waals surface area (Å²) in [5.74, 6) is -0.641. The summed E-state index contributed by atoms with van der Waals surface area (Å²) in [6, 6.07) is 5.32. The number of carbonyl (C=O) groups excluding carboxylic acids is 2. The second-order valence-electron chi connectivity index (χ2n) is 5.44. The summed E-state index contributed by atoms with van der Waals surface area (Å²) in [6.07, 6.45) is 7.03. The maximum absolute atomic E-state index is 12.2. The smallest absolute Gasteiger partial charge is 0.338 e. The molecule has 1 atom stereocenters. The van der Waals surface area contributed by atoms with Crippen molar-refractivity contribution in [2.75, 3.05) is 6.61 Å². The zero-order valence-corrected chi connectivity index (χ0v) is 11.2. The number of hydrogen-bond donors (Lipinski definition) is 1. The average Bonchev–Trinajstić information content (AvgIpc) is 2.80. The molecule has 1 unspecified atom stereocenters. The van der Waals surface area contributed by atoms with Crippen molar-refractivity contribution in [3.05, 3.63) is 41.0 Å². The molecule has 3 rings (SSSR count). The van der Waals surface area contributed by atoms with Crippen LogP contribution in [0.25, 0.3) is 6.08 Å². The molecule has 0 radical (unpaired) electrons. The molecule has 2 aliphatic rings. The maximum Gasteiger partial charge on any atom is 0.338 e. The number of carbonyl (C=O) groups is 2. The van der Waals surface area contributed by atoms with Gasteiger partial charge < -0.3 is 10.5 Å². The SMILES string of the molecule is NC(=O)C1C=Cc2c(C(=O)OCC3CCC3)cccc21. The normalized spacial score (nSPS) is 20.3. The van der Waals surface area contributed by atoms with Gasteiger partial charge in [0.1, 0.15) is 0 Å². The van der Waals surface area contributed by atoms with E-state index in [2.05, 4.69) is 0 Å². The molecule has 0 aromatic heterocycles. The van der Waals surface area contributed by atoms with Gasteiger partial charge in [0, 0.05) is 0 Å². The fourth-order valence-electron chi connectivity index (χ4n) is 2.69. The lowest BCUT2D eigenvalue weighted by molar-refractivity contribution is -0.118. The molecule has 1 fully saturated rings. The Morgan fingerprint density at radius 2 is 2.10 bits per heavy atom. The molecule has 0 bridgehead atoms. The van der Waals surface area contributed by atoms with Crippen LogP contribution in [0, 0.1) is 5.92 Å². The van der Waals surface area contributed by atoms with Crippen molar-refractivity contribution in [3.8, 4) is 0 Å². The summed E-state index contributed by atoms with van der Waals surface area (Å²) in [6.45, 7) is 0.492. The van der Waals surface area contributed by atoms with Gasteiger partial charge in [-0.3, -0.25) is 4.79 Å². The zero-order valence-electron chi connectivity index (χ0n) is 11.2. The van der Waals surface area contributed by atoms with E-state index in [4.69, 9.17) is 10.5 Å². The minimum Gasteiger partial charge on any atom is -0.462 e. The monoisotopic (exact) mass is 271 g/mol. The molecule has 1 amide bonds. The van der Waals surface area contributed by atoms with Gasteiger partial charge in [-0.05, 0) is 36.0 Å². The fraction of sp³-hybridized carbons (Fsp3) is 0.375. The zero-order chi connectivity index (χ0) is 14.1. The third-order valence-corrected chi connectivity index (χ3v) is 4.13. The number of primary amides is 1. The summed E-state index contributed by atoms with van der Waals surface area (Å²) in [5, 5.41) is 0. The van der Waals surface area contributed by atoms with Crippen LogP contribution < -0.4 is 5.73 Å². The first-order valence-electron chi connectivity index (χ1n) is 6.94. The van der Waals surface area contributed by atoms with Crippen LogP contribution in [0.5, 0.6) is 0 Å². The largest absolute Gasteiger partial charge is 0.462 e. The maximum atomic E-state index is 12.2. The summed E-state index contributed by atoms with van der Waals surface area (Å²) in [7, 11) is 0. The van der Waals surface area contributed by atoms with Gasteiger partial charge in [-0.2, -0.15) is 0 Å². The molecular weight excluding hydrogens is 254 g/mol. The van der Waals surface area contributed by atoms with Crippen LogP contribution in [0.3, 0.4) is 0 Å². The van der Waals surface area contributed by atoms with Crippen LogP contribution in [-0.4, -0.2) is 18.5 Å². The van der Waals surface area contributed by atoms with Crippen LogP contribution in [-0.2, 0) is 9.53 Å². The van der Waals surface area contributed by atoms with E-state index in [1.807, 2.05) is 6.07 Å². The standard InChI is InChI=1S/C16H17NO3/c17-15(18)13-8-7-12-11(13)5-2-6-14(12)16(19)20-9-10-3-1-4-10/h2,5-8,10,13H,1,3-4,9H2,(H2,17,18). The topological polar surface area (TPSA) is 69.4 Å². The lowest BCUT2D eigenvalue weighted by Crippen LogP contribution is -2.21. The van der Waals surface area contributed by atoms with E-state index in [-0.39, 0.29) is 5.97 Å². The lowest BCUT2D eigenvalue weighted by Gasteiger charge is -2.24. The van der Waals surface area contributed by atoms with E-state index < -0.39 is 11.8 Å². The number of nitrogens with two attached hydrogens (primary N) is 1. The Morgan fingerprint density at radius 1 is 1.30 bits per heavy atom. The number of hydrogen-bond acceptors (Lipinski definition) is 3. The number of esters is 1. The molecule has 1 saturated carbocycles. The van der Waals surface area contributed by atoms with Gasteiger partial charge in [-0.15, -0.1) is 0 Å². The van der Waals surface area contributed by atoms with Crippen molar-refractivity contribution < 1.29 is 14.3 Å². The second kappa shape index (κ2) is 5.12. The van der Waals surface area contributed by atoms with Crippen LogP contribution >= 0.6 is 0 Å². The van der Waals surface area contributed by atoms with Gasteiger partial charge in [-0.1, -0.05) is 30.7 Å². The highest BCUT2D eigenvalue weighted by molar-refractivity contribution is 5.98. The summed E-state index contributed by atoms with van der Waals surface area (Å²) >= 11 is 0. The molecule has 0 saturated heterocycles. The molecule has 20 heavy (non-hydrogen) atoms. The Labute approximate surface area is 117 Å². The van der Waals surface area contributed by atoms with Crippen LogP contribution in [0.4, 0.5) is 0 Å². The first-order chi connectivity index (χ1) is 9.66. The number of ether oxygens (including phenoxy) is 1. The van der Waals surface area contributed by atoms with Crippen LogP contribution in [0.1, 0.15) is 46.7 Å². The van der Waals surface area contributed by atoms with Crippen LogP contribution in [0.15, 0.2) is 24.3 Å².